The number of hydrogen-bond donors (Lipinski definition) is 0. The molecule has 0 unspecified atom stereocenters. The van der Waals surface area contributed by atoms with E-state index in [9.17, 15) is 6.85 Å². The second kappa shape index (κ2) is 12.2. The zero-order valence-electron chi connectivity index (χ0n) is 37.7. The van der Waals surface area contributed by atoms with E-state index in [1.165, 1.54) is 0 Å². The van der Waals surface area contributed by atoms with Crippen LogP contribution in [0.25, 0.3) is 71.3 Å². The number of hydrogen-bond acceptors (Lipinski definition) is 1. The predicted octanol–water partition coefficient (Wildman–Crippen LogP) is 14.9. The topological polar surface area (TPSA) is 8.17 Å². The van der Waals surface area contributed by atoms with Gasteiger partial charge in [-0.05, 0) is 109 Å². The molecular formula is C57H36N2. The first-order chi connectivity index (χ1) is 31.8. The fraction of sp³-hybridized carbons (Fsp3) is 0.0175. The molecule has 2 aliphatic rings. The molecule has 0 aliphatic heterocycles. The molecule has 59 heavy (non-hydrogen) atoms. The molecule has 0 fully saturated rings. The number of aromatic nitrogens is 1. The van der Waals surface area contributed by atoms with E-state index >= 15 is 0 Å². The van der Waals surface area contributed by atoms with Gasteiger partial charge in [0.1, 0.15) is 0 Å². The monoisotopic (exact) mass is 754 g/mol. The highest BCUT2D eigenvalue weighted by molar-refractivity contribution is 6.12. The van der Waals surface area contributed by atoms with E-state index in [-0.39, 0.29) is 41.6 Å². The number of rotatable bonds is 4. The normalized spacial score (nSPS) is 14.6. The highest BCUT2D eigenvalue weighted by Crippen LogP contribution is 2.62. The van der Waals surface area contributed by atoms with Crippen molar-refractivity contribution in [1.29, 1.82) is 0 Å². The quantitative estimate of drug-likeness (QED) is 0.174. The summed E-state index contributed by atoms with van der Waals surface area (Å²) < 4.78 is 58.5. The van der Waals surface area contributed by atoms with Crippen molar-refractivity contribution < 1.29 is 8.22 Å². The van der Waals surface area contributed by atoms with Crippen molar-refractivity contribution in [3.63, 3.8) is 0 Å². The highest BCUT2D eigenvalue weighted by atomic mass is 15.1. The van der Waals surface area contributed by atoms with Gasteiger partial charge in [0.25, 0.3) is 0 Å². The second-order valence-electron chi connectivity index (χ2n) is 15.5. The number of benzene rings is 10. The van der Waals surface area contributed by atoms with Gasteiger partial charge in [-0.3, -0.25) is 0 Å². The van der Waals surface area contributed by atoms with Gasteiger partial charge in [-0.1, -0.05) is 170 Å². The Labute approximate surface area is 350 Å². The molecule has 0 amide bonds. The van der Waals surface area contributed by atoms with Crippen molar-refractivity contribution in [2.75, 3.05) is 4.90 Å². The Kier molecular flexibility index (Phi) is 5.57. The lowest BCUT2D eigenvalue weighted by Crippen LogP contribution is -2.32. The summed E-state index contributed by atoms with van der Waals surface area (Å²) in [6.45, 7) is 0. The highest BCUT2D eigenvalue weighted by Gasteiger charge is 2.50. The minimum Gasteiger partial charge on any atom is -0.310 e. The van der Waals surface area contributed by atoms with E-state index in [1.807, 2.05) is 36.4 Å². The zero-order valence-corrected chi connectivity index (χ0v) is 31.7. The van der Waals surface area contributed by atoms with E-state index in [2.05, 4.69) is 155 Å². The Balaban J connectivity index is 1.18. The fourth-order valence-electron chi connectivity index (χ4n) is 10.4. The number of nitrogens with zero attached hydrogens (tertiary/aromatic N) is 2. The maximum absolute atomic E-state index is 9.88. The van der Waals surface area contributed by atoms with Gasteiger partial charge in [-0.25, -0.2) is 0 Å². The molecule has 1 aromatic heterocycles. The van der Waals surface area contributed by atoms with Crippen molar-refractivity contribution in [3.8, 4) is 27.9 Å². The first-order valence-electron chi connectivity index (χ1n) is 23.0. The molecular weight excluding hydrogens is 713 g/mol. The Morgan fingerprint density at radius 2 is 1.03 bits per heavy atom. The minimum atomic E-state index is -1.18. The zero-order chi connectivity index (χ0) is 43.9. The third-order valence-corrected chi connectivity index (χ3v) is 12.7. The van der Waals surface area contributed by atoms with E-state index in [0.717, 1.165) is 83.1 Å². The van der Waals surface area contributed by atoms with E-state index in [4.69, 9.17) is 1.37 Å². The average molecular weight is 755 g/mol. The number of fused-ring (bicyclic) bond motifs is 13. The van der Waals surface area contributed by atoms with Gasteiger partial charge in [-0.15, -0.1) is 0 Å². The summed E-state index contributed by atoms with van der Waals surface area (Å²) in [5.41, 5.74) is 11.0. The van der Waals surface area contributed by atoms with Crippen LogP contribution in [0.15, 0.2) is 218 Å². The Bertz CT molecular complexity index is 3810. The van der Waals surface area contributed by atoms with Crippen LogP contribution >= 0.6 is 0 Å². The van der Waals surface area contributed by atoms with Gasteiger partial charge in [0, 0.05) is 33.2 Å². The van der Waals surface area contributed by atoms with E-state index in [0.29, 0.717) is 22.1 Å². The first-order valence-corrected chi connectivity index (χ1v) is 20.0. The average Bonchev–Trinajstić information content (AvgIpc) is 3.83. The van der Waals surface area contributed by atoms with Gasteiger partial charge in [0.2, 0.25) is 0 Å². The largest absolute Gasteiger partial charge is 0.310 e. The summed E-state index contributed by atoms with van der Waals surface area (Å²) >= 11 is 0. The molecule has 2 nitrogen and oxygen atoms in total. The van der Waals surface area contributed by atoms with Crippen LogP contribution < -0.4 is 4.90 Å². The molecule has 0 radical (unpaired) electrons. The minimum absolute atomic E-state index is 0.118. The SMILES string of the molecule is [2H]c1c([2H])c2c3c(c([2H])c([2H])c([2H])c3c1[2H])C1(c3ccccc3-c3ccccc31)c1cc(N(c3ccc4c5ccccc5n(-c5ccccc5)c4c3)c3cccc4ccccc34)ccc1-2. The van der Waals surface area contributed by atoms with Crippen LogP contribution in [0.4, 0.5) is 17.1 Å². The van der Waals surface area contributed by atoms with Gasteiger partial charge < -0.3 is 9.47 Å². The Morgan fingerprint density at radius 3 is 1.86 bits per heavy atom. The van der Waals surface area contributed by atoms with E-state index < -0.39 is 5.41 Å². The standard InChI is InChI=1S/C57H36N2/c1-2-19-39(20-3-1)59-54-29-11-8-24-46(54)47-34-32-41(36-55(47)59)58(53-30-14-16-37-15-4-5-21-42(37)53)40-31-33-45-48-25-12-17-38-18-13-28-51(56(38)48)57(52(45)35-40)49-26-9-6-22-43(49)44-23-7-10-27-50(44)57/h1-36H/i12D,13D,17D,18D,25D,28D. The lowest BCUT2D eigenvalue weighted by molar-refractivity contribution is 0.773. The van der Waals surface area contributed by atoms with Crippen molar-refractivity contribution in [1.82, 2.24) is 4.57 Å². The molecule has 0 saturated heterocycles. The van der Waals surface area contributed by atoms with Crippen molar-refractivity contribution >= 4 is 60.4 Å². The van der Waals surface area contributed by atoms with Crippen LogP contribution in [0.5, 0.6) is 0 Å². The third-order valence-electron chi connectivity index (χ3n) is 12.7. The summed E-state index contributed by atoms with van der Waals surface area (Å²) in [6, 6.07) is 61.8. The van der Waals surface area contributed by atoms with Crippen molar-refractivity contribution in [2.45, 2.75) is 5.41 Å². The Hall–Kier alpha value is -7.68. The molecule has 1 heterocycles. The van der Waals surface area contributed by atoms with Crippen LogP contribution in [0.2, 0.25) is 0 Å². The molecule has 274 valence electrons. The van der Waals surface area contributed by atoms with Crippen LogP contribution in [0, 0.1) is 0 Å². The van der Waals surface area contributed by atoms with Crippen LogP contribution in [0.1, 0.15) is 30.5 Å². The number of anilines is 3. The molecule has 11 aromatic rings. The summed E-state index contributed by atoms with van der Waals surface area (Å²) in [6.07, 6.45) is 0. The summed E-state index contributed by atoms with van der Waals surface area (Å²) in [5.74, 6) is 0. The molecule has 1 spiro atoms. The molecule has 2 aliphatic carbocycles. The molecule has 10 aromatic carbocycles. The predicted molar refractivity (Wildman–Crippen MR) is 247 cm³/mol. The molecule has 0 atom stereocenters. The van der Waals surface area contributed by atoms with Gasteiger partial charge in [0.05, 0.1) is 30.4 Å². The Morgan fingerprint density at radius 1 is 0.407 bits per heavy atom. The van der Waals surface area contributed by atoms with Crippen LogP contribution in [0.3, 0.4) is 0 Å². The molecule has 0 N–H and O–H groups in total. The maximum Gasteiger partial charge on any atom is 0.0726 e. The van der Waals surface area contributed by atoms with Gasteiger partial charge >= 0.3 is 0 Å². The molecule has 2 heteroatoms. The second-order valence-corrected chi connectivity index (χ2v) is 15.5. The van der Waals surface area contributed by atoms with Crippen molar-refractivity contribution in [2.24, 2.45) is 0 Å². The summed E-state index contributed by atoms with van der Waals surface area (Å²) in [7, 11) is 0. The van der Waals surface area contributed by atoms with E-state index in [1.54, 1.807) is 0 Å². The lowest BCUT2D eigenvalue weighted by atomic mass is 9.61. The van der Waals surface area contributed by atoms with Crippen LogP contribution in [-0.4, -0.2) is 4.57 Å². The molecule has 0 saturated carbocycles. The van der Waals surface area contributed by atoms with Gasteiger partial charge in [-0.2, -0.15) is 0 Å². The lowest BCUT2D eigenvalue weighted by Gasteiger charge is -2.41. The van der Waals surface area contributed by atoms with Crippen molar-refractivity contribution in [3.05, 3.63) is 240 Å². The molecule has 13 rings (SSSR count). The fourth-order valence-corrected chi connectivity index (χ4v) is 10.4. The summed E-state index contributed by atoms with van der Waals surface area (Å²) in [5, 5.41) is 4.99. The smallest absolute Gasteiger partial charge is 0.0726 e. The third kappa shape index (κ3) is 4.35. The number of para-hydroxylation sites is 2. The van der Waals surface area contributed by atoms with Gasteiger partial charge in [0.15, 0.2) is 0 Å². The maximum atomic E-state index is 9.88. The van der Waals surface area contributed by atoms with Crippen LogP contribution in [-0.2, 0) is 5.41 Å². The summed E-state index contributed by atoms with van der Waals surface area (Å²) in [4.78, 5) is 2.30. The molecule has 0 bridgehead atoms. The first kappa shape index (κ1) is 27.0.